The van der Waals surface area contributed by atoms with Crippen molar-refractivity contribution in [2.45, 2.75) is 13.3 Å². The highest BCUT2D eigenvalue weighted by Crippen LogP contribution is 2.19. The van der Waals surface area contributed by atoms with E-state index in [4.69, 9.17) is 4.74 Å². The van der Waals surface area contributed by atoms with Gasteiger partial charge in [-0.3, -0.25) is 9.59 Å². The number of hydrogen-bond acceptors (Lipinski definition) is 3. The molecule has 0 saturated heterocycles. The van der Waals surface area contributed by atoms with Crippen molar-refractivity contribution < 1.29 is 14.3 Å². The van der Waals surface area contributed by atoms with Crippen molar-refractivity contribution >= 4 is 23.2 Å². The fraction of sp³-hybridized carbons (Fsp3) is 0.167. The quantitative estimate of drug-likeness (QED) is 0.646. The maximum absolute atomic E-state index is 13.0. The number of benzene rings is 3. The van der Waals surface area contributed by atoms with Gasteiger partial charge in [-0.1, -0.05) is 36.4 Å². The zero-order chi connectivity index (χ0) is 20.6. The van der Waals surface area contributed by atoms with Crippen LogP contribution >= 0.6 is 0 Å². The highest BCUT2D eigenvalue weighted by molar-refractivity contribution is 6.07. The molecule has 3 aromatic carbocycles. The monoisotopic (exact) mass is 388 g/mol. The fourth-order valence-corrected chi connectivity index (χ4v) is 3.07. The van der Waals surface area contributed by atoms with Crippen molar-refractivity contribution in [3.05, 3.63) is 90.0 Å². The molecule has 0 aliphatic heterocycles. The Morgan fingerprint density at radius 2 is 1.66 bits per heavy atom. The van der Waals surface area contributed by atoms with Crippen LogP contribution in [0.1, 0.15) is 22.8 Å². The van der Waals surface area contributed by atoms with Gasteiger partial charge in [-0.15, -0.1) is 0 Å². The number of nitrogens with zero attached hydrogens (tertiary/aromatic N) is 1. The molecular formula is C24H24N2O3. The van der Waals surface area contributed by atoms with Gasteiger partial charge in [-0.25, -0.2) is 0 Å². The maximum atomic E-state index is 13.0. The molecule has 0 atom stereocenters. The zero-order valence-corrected chi connectivity index (χ0v) is 16.6. The molecule has 2 amide bonds. The van der Waals surface area contributed by atoms with Gasteiger partial charge in [0.25, 0.3) is 5.91 Å². The standard InChI is InChI=1S/C24H24N2O3/c1-3-26(21-10-5-4-6-11-21)24(28)19-8-7-9-20(17-19)25-23(27)16-18-12-14-22(29-2)15-13-18/h4-15,17H,3,16H2,1-2H3,(H,25,27). The minimum absolute atomic E-state index is 0.107. The third-order valence-electron chi connectivity index (χ3n) is 4.55. The Balaban J connectivity index is 1.69. The smallest absolute Gasteiger partial charge is 0.258 e. The van der Waals surface area contributed by atoms with Gasteiger partial charge in [0.2, 0.25) is 5.91 Å². The molecule has 5 nitrogen and oxygen atoms in total. The molecule has 0 heterocycles. The van der Waals surface area contributed by atoms with E-state index in [1.807, 2.05) is 61.5 Å². The molecular weight excluding hydrogens is 364 g/mol. The number of para-hydroxylation sites is 1. The molecule has 0 saturated carbocycles. The van der Waals surface area contributed by atoms with E-state index in [2.05, 4.69) is 5.32 Å². The molecule has 29 heavy (non-hydrogen) atoms. The Hall–Kier alpha value is -3.60. The lowest BCUT2D eigenvalue weighted by molar-refractivity contribution is -0.115. The molecule has 0 radical (unpaired) electrons. The van der Waals surface area contributed by atoms with E-state index in [1.54, 1.807) is 36.3 Å². The number of ether oxygens (including phenoxy) is 1. The van der Waals surface area contributed by atoms with Crippen LogP contribution in [0, 0.1) is 0 Å². The largest absolute Gasteiger partial charge is 0.497 e. The van der Waals surface area contributed by atoms with Gasteiger partial charge in [-0.2, -0.15) is 0 Å². The summed E-state index contributed by atoms with van der Waals surface area (Å²) in [5.74, 6) is 0.499. The number of nitrogens with one attached hydrogen (secondary N) is 1. The third-order valence-corrected chi connectivity index (χ3v) is 4.55. The summed E-state index contributed by atoms with van der Waals surface area (Å²) in [6, 6.07) is 23.9. The van der Waals surface area contributed by atoms with Crippen LogP contribution < -0.4 is 15.0 Å². The SMILES string of the molecule is CCN(C(=O)c1cccc(NC(=O)Cc2ccc(OC)cc2)c1)c1ccccc1. The van der Waals surface area contributed by atoms with Crippen molar-refractivity contribution in [1.29, 1.82) is 0 Å². The topological polar surface area (TPSA) is 58.6 Å². The normalized spacial score (nSPS) is 10.3. The Morgan fingerprint density at radius 3 is 2.31 bits per heavy atom. The first-order valence-corrected chi connectivity index (χ1v) is 9.50. The van der Waals surface area contributed by atoms with Gasteiger partial charge in [-0.05, 0) is 55.0 Å². The van der Waals surface area contributed by atoms with Crippen LogP contribution in [-0.2, 0) is 11.2 Å². The Kier molecular flexibility index (Phi) is 6.63. The van der Waals surface area contributed by atoms with Crippen molar-refractivity contribution in [1.82, 2.24) is 0 Å². The second kappa shape index (κ2) is 9.55. The second-order valence-electron chi connectivity index (χ2n) is 6.54. The zero-order valence-electron chi connectivity index (χ0n) is 16.6. The number of methoxy groups -OCH3 is 1. The number of amides is 2. The Bertz CT molecular complexity index is 969. The van der Waals surface area contributed by atoms with E-state index in [-0.39, 0.29) is 18.2 Å². The van der Waals surface area contributed by atoms with Crippen LogP contribution in [0.5, 0.6) is 5.75 Å². The maximum Gasteiger partial charge on any atom is 0.258 e. The van der Waals surface area contributed by atoms with Gasteiger partial charge in [0.1, 0.15) is 5.75 Å². The molecule has 5 heteroatoms. The Labute approximate surface area is 170 Å². The number of carbonyl (C=O) groups is 2. The van der Waals surface area contributed by atoms with Crippen molar-refractivity contribution in [2.24, 2.45) is 0 Å². The van der Waals surface area contributed by atoms with Crippen LogP contribution in [0.4, 0.5) is 11.4 Å². The average Bonchev–Trinajstić information content (AvgIpc) is 2.75. The summed E-state index contributed by atoms with van der Waals surface area (Å²) < 4.78 is 5.13. The van der Waals surface area contributed by atoms with Gasteiger partial charge in [0, 0.05) is 23.5 Å². The highest BCUT2D eigenvalue weighted by atomic mass is 16.5. The van der Waals surface area contributed by atoms with E-state index in [0.717, 1.165) is 17.0 Å². The van der Waals surface area contributed by atoms with Crippen LogP contribution in [0.25, 0.3) is 0 Å². The minimum Gasteiger partial charge on any atom is -0.497 e. The molecule has 0 fully saturated rings. The van der Waals surface area contributed by atoms with E-state index < -0.39 is 0 Å². The molecule has 148 valence electrons. The van der Waals surface area contributed by atoms with Gasteiger partial charge < -0.3 is 15.0 Å². The van der Waals surface area contributed by atoms with Gasteiger partial charge in [0.15, 0.2) is 0 Å². The van der Waals surface area contributed by atoms with Gasteiger partial charge >= 0.3 is 0 Å². The summed E-state index contributed by atoms with van der Waals surface area (Å²) in [7, 11) is 1.60. The van der Waals surface area contributed by atoms with Crippen molar-refractivity contribution in [3.63, 3.8) is 0 Å². The van der Waals surface area contributed by atoms with E-state index in [9.17, 15) is 9.59 Å². The lowest BCUT2D eigenvalue weighted by Crippen LogP contribution is -2.30. The summed E-state index contributed by atoms with van der Waals surface area (Å²) in [4.78, 5) is 27.1. The number of rotatable bonds is 7. The predicted molar refractivity (Wildman–Crippen MR) is 116 cm³/mol. The first kappa shape index (κ1) is 20.1. The predicted octanol–water partition coefficient (Wildman–Crippen LogP) is 4.54. The Morgan fingerprint density at radius 1 is 0.931 bits per heavy atom. The summed E-state index contributed by atoms with van der Waals surface area (Å²) in [6.45, 7) is 2.49. The third kappa shape index (κ3) is 5.23. The fourth-order valence-electron chi connectivity index (χ4n) is 3.07. The van der Waals surface area contributed by atoms with Crippen molar-refractivity contribution in [3.8, 4) is 5.75 Å². The molecule has 0 spiro atoms. The highest BCUT2D eigenvalue weighted by Gasteiger charge is 2.16. The van der Waals surface area contributed by atoms with Crippen LogP contribution in [0.3, 0.4) is 0 Å². The first-order valence-electron chi connectivity index (χ1n) is 9.50. The van der Waals surface area contributed by atoms with Crippen LogP contribution in [0.15, 0.2) is 78.9 Å². The van der Waals surface area contributed by atoms with E-state index >= 15 is 0 Å². The summed E-state index contributed by atoms with van der Waals surface area (Å²) in [5.41, 5.74) is 2.85. The van der Waals surface area contributed by atoms with E-state index in [1.165, 1.54) is 0 Å². The number of anilines is 2. The van der Waals surface area contributed by atoms with Crippen LogP contribution in [-0.4, -0.2) is 25.5 Å². The molecule has 0 aliphatic rings. The molecule has 0 bridgehead atoms. The van der Waals surface area contributed by atoms with Gasteiger partial charge in [0.05, 0.1) is 13.5 Å². The van der Waals surface area contributed by atoms with Crippen LogP contribution in [0.2, 0.25) is 0 Å². The molecule has 3 aromatic rings. The molecule has 1 N–H and O–H groups in total. The van der Waals surface area contributed by atoms with Crippen molar-refractivity contribution in [2.75, 3.05) is 23.9 Å². The molecule has 0 aliphatic carbocycles. The minimum atomic E-state index is -0.143. The first-order chi connectivity index (χ1) is 14.1. The number of carbonyl (C=O) groups excluding carboxylic acids is 2. The average molecular weight is 388 g/mol. The lowest BCUT2D eigenvalue weighted by atomic mass is 10.1. The summed E-state index contributed by atoms with van der Waals surface area (Å²) in [6.07, 6.45) is 0.243. The summed E-state index contributed by atoms with van der Waals surface area (Å²) in [5, 5.41) is 2.87. The molecule has 0 aromatic heterocycles. The second-order valence-corrected chi connectivity index (χ2v) is 6.54. The lowest BCUT2D eigenvalue weighted by Gasteiger charge is -2.21. The molecule has 3 rings (SSSR count). The summed E-state index contributed by atoms with van der Waals surface area (Å²) >= 11 is 0. The van der Waals surface area contributed by atoms with E-state index in [0.29, 0.717) is 17.8 Å². The number of hydrogen-bond donors (Lipinski definition) is 1. The molecule has 0 unspecified atom stereocenters.